The van der Waals surface area contributed by atoms with Gasteiger partial charge < -0.3 is 10.6 Å². The zero-order valence-electron chi connectivity index (χ0n) is 15.4. The first kappa shape index (κ1) is 19.2. The van der Waals surface area contributed by atoms with Crippen LogP contribution >= 0.6 is 23.1 Å². The van der Waals surface area contributed by atoms with E-state index in [0.29, 0.717) is 10.6 Å². The van der Waals surface area contributed by atoms with E-state index in [-0.39, 0.29) is 11.8 Å². The van der Waals surface area contributed by atoms with Crippen LogP contribution in [0.5, 0.6) is 0 Å². The van der Waals surface area contributed by atoms with Crippen LogP contribution in [0.3, 0.4) is 0 Å². The van der Waals surface area contributed by atoms with Gasteiger partial charge in [0.15, 0.2) is 0 Å². The highest BCUT2D eigenvalue weighted by atomic mass is 32.2. The summed E-state index contributed by atoms with van der Waals surface area (Å²) in [6.45, 7) is 0. The molecule has 6 heteroatoms. The number of rotatable bonds is 6. The number of amides is 2. The van der Waals surface area contributed by atoms with Gasteiger partial charge in [-0.15, -0.1) is 23.1 Å². The molecule has 4 rings (SSSR count). The van der Waals surface area contributed by atoms with Crippen LogP contribution in [0.15, 0.2) is 89.1 Å². The summed E-state index contributed by atoms with van der Waals surface area (Å²) in [5, 5.41) is 9.86. The first-order valence-corrected chi connectivity index (χ1v) is 10.9. The highest BCUT2D eigenvalue weighted by molar-refractivity contribution is 8.00. The fraction of sp³-hybridized carbons (Fsp3) is 0.0435. The molecule has 0 aliphatic heterocycles. The van der Waals surface area contributed by atoms with Crippen LogP contribution in [-0.4, -0.2) is 17.6 Å². The lowest BCUT2D eigenvalue weighted by Crippen LogP contribution is -2.14. The van der Waals surface area contributed by atoms with E-state index in [4.69, 9.17) is 0 Å². The molecule has 0 bridgehead atoms. The standard InChI is InChI=1S/C23H18N2O2S2/c26-22(25-20-8-3-6-16-5-1-2-7-19(16)20)15-29-18-12-10-17(11-13-18)24-23(27)21-9-4-14-28-21/h1-14H,15H2,(H,24,27)(H,25,26). The number of benzene rings is 3. The summed E-state index contributed by atoms with van der Waals surface area (Å²) in [5.41, 5.74) is 1.55. The molecule has 0 atom stereocenters. The Morgan fingerprint density at radius 3 is 2.41 bits per heavy atom. The second kappa shape index (κ2) is 8.94. The van der Waals surface area contributed by atoms with Gasteiger partial charge in [0.25, 0.3) is 5.91 Å². The molecule has 0 aliphatic rings. The highest BCUT2D eigenvalue weighted by Crippen LogP contribution is 2.25. The zero-order chi connectivity index (χ0) is 20.1. The molecule has 0 aliphatic carbocycles. The largest absolute Gasteiger partial charge is 0.325 e. The molecule has 2 N–H and O–H groups in total. The van der Waals surface area contributed by atoms with E-state index in [9.17, 15) is 9.59 Å². The van der Waals surface area contributed by atoms with E-state index in [2.05, 4.69) is 10.6 Å². The second-order valence-corrected chi connectivity index (χ2v) is 8.32. The third-order valence-electron chi connectivity index (χ3n) is 4.29. The molecule has 0 saturated carbocycles. The molecule has 2 amide bonds. The number of fused-ring (bicyclic) bond motifs is 1. The first-order chi connectivity index (χ1) is 14.2. The molecule has 1 aromatic heterocycles. The van der Waals surface area contributed by atoms with Crippen molar-refractivity contribution in [1.82, 2.24) is 0 Å². The van der Waals surface area contributed by atoms with Gasteiger partial charge in [-0.3, -0.25) is 9.59 Å². The Bertz CT molecular complexity index is 1130. The Morgan fingerprint density at radius 2 is 1.62 bits per heavy atom. The maximum Gasteiger partial charge on any atom is 0.265 e. The van der Waals surface area contributed by atoms with Crippen molar-refractivity contribution in [1.29, 1.82) is 0 Å². The predicted octanol–water partition coefficient (Wildman–Crippen LogP) is 5.88. The Balaban J connectivity index is 1.33. The van der Waals surface area contributed by atoms with Gasteiger partial charge >= 0.3 is 0 Å². The van der Waals surface area contributed by atoms with Crippen LogP contribution in [0.1, 0.15) is 9.67 Å². The average molecular weight is 419 g/mol. The lowest BCUT2D eigenvalue weighted by Gasteiger charge is -2.09. The lowest BCUT2D eigenvalue weighted by atomic mass is 10.1. The van der Waals surface area contributed by atoms with Gasteiger partial charge in [-0.25, -0.2) is 0 Å². The summed E-state index contributed by atoms with van der Waals surface area (Å²) < 4.78 is 0. The monoisotopic (exact) mass is 418 g/mol. The molecule has 4 nitrogen and oxygen atoms in total. The number of thioether (sulfide) groups is 1. The summed E-state index contributed by atoms with van der Waals surface area (Å²) >= 11 is 2.86. The molecule has 4 aromatic rings. The lowest BCUT2D eigenvalue weighted by molar-refractivity contribution is -0.113. The van der Waals surface area contributed by atoms with Crippen LogP contribution < -0.4 is 10.6 Å². The van der Waals surface area contributed by atoms with E-state index < -0.39 is 0 Å². The molecule has 0 fully saturated rings. The van der Waals surface area contributed by atoms with Crippen molar-refractivity contribution in [3.8, 4) is 0 Å². The van der Waals surface area contributed by atoms with Crippen molar-refractivity contribution in [2.24, 2.45) is 0 Å². The van der Waals surface area contributed by atoms with Gasteiger partial charge in [0.2, 0.25) is 5.91 Å². The van der Waals surface area contributed by atoms with Gasteiger partial charge in [-0.05, 0) is 47.2 Å². The predicted molar refractivity (Wildman–Crippen MR) is 122 cm³/mol. The van der Waals surface area contributed by atoms with Gasteiger partial charge in [0.05, 0.1) is 10.6 Å². The van der Waals surface area contributed by atoms with Gasteiger partial charge in [-0.1, -0.05) is 42.5 Å². The number of anilines is 2. The smallest absolute Gasteiger partial charge is 0.265 e. The fourth-order valence-electron chi connectivity index (χ4n) is 2.90. The molecule has 144 valence electrons. The minimum Gasteiger partial charge on any atom is -0.325 e. The molecular weight excluding hydrogens is 400 g/mol. The number of thiophene rings is 1. The summed E-state index contributed by atoms with van der Waals surface area (Å²) in [6, 6.07) is 25.0. The quantitative estimate of drug-likeness (QED) is 0.384. The van der Waals surface area contributed by atoms with E-state index in [1.54, 1.807) is 6.07 Å². The molecule has 1 heterocycles. The zero-order valence-corrected chi connectivity index (χ0v) is 17.1. The average Bonchev–Trinajstić information content (AvgIpc) is 3.29. The van der Waals surface area contributed by atoms with Crippen LogP contribution in [0.4, 0.5) is 11.4 Å². The summed E-state index contributed by atoms with van der Waals surface area (Å²) in [6.07, 6.45) is 0. The normalized spacial score (nSPS) is 10.6. The Hall–Kier alpha value is -3.09. The SMILES string of the molecule is O=C(CSc1ccc(NC(=O)c2cccs2)cc1)Nc1cccc2ccccc12. The Kier molecular flexibility index (Phi) is 5.93. The summed E-state index contributed by atoms with van der Waals surface area (Å²) in [5.74, 6) is 0.140. The number of carbonyl (C=O) groups excluding carboxylic acids is 2. The summed E-state index contributed by atoms with van der Waals surface area (Å²) in [7, 11) is 0. The van der Waals surface area contributed by atoms with E-state index >= 15 is 0 Å². The van der Waals surface area contributed by atoms with Crippen LogP contribution in [0.25, 0.3) is 10.8 Å². The number of nitrogens with one attached hydrogen (secondary N) is 2. The van der Waals surface area contributed by atoms with E-state index in [1.165, 1.54) is 23.1 Å². The van der Waals surface area contributed by atoms with Crippen molar-refractivity contribution < 1.29 is 9.59 Å². The minimum absolute atomic E-state index is 0.0542. The Labute approximate surface area is 177 Å². The molecule has 0 spiro atoms. The molecule has 0 saturated heterocycles. The first-order valence-electron chi connectivity index (χ1n) is 9.04. The minimum atomic E-state index is -0.116. The van der Waals surface area contributed by atoms with Crippen molar-refractivity contribution in [3.05, 3.63) is 89.1 Å². The molecule has 0 unspecified atom stereocenters. The molecular formula is C23H18N2O2S2. The molecule has 29 heavy (non-hydrogen) atoms. The number of carbonyl (C=O) groups is 2. The van der Waals surface area contributed by atoms with Crippen molar-refractivity contribution in [2.45, 2.75) is 4.90 Å². The third-order valence-corrected chi connectivity index (χ3v) is 6.17. The van der Waals surface area contributed by atoms with Crippen molar-refractivity contribution in [2.75, 3.05) is 16.4 Å². The topological polar surface area (TPSA) is 58.2 Å². The Morgan fingerprint density at radius 1 is 0.828 bits per heavy atom. The maximum atomic E-state index is 12.4. The summed E-state index contributed by atoms with van der Waals surface area (Å²) in [4.78, 5) is 26.1. The van der Waals surface area contributed by atoms with Crippen LogP contribution in [-0.2, 0) is 4.79 Å². The number of hydrogen-bond donors (Lipinski definition) is 2. The maximum absolute atomic E-state index is 12.4. The second-order valence-electron chi connectivity index (χ2n) is 6.32. The van der Waals surface area contributed by atoms with Gasteiger partial charge in [0, 0.05) is 21.7 Å². The van der Waals surface area contributed by atoms with E-state index in [0.717, 1.165) is 27.0 Å². The van der Waals surface area contributed by atoms with Crippen molar-refractivity contribution >= 4 is 57.1 Å². The van der Waals surface area contributed by atoms with Crippen LogP contribution in [0.2, 0.25) is 0 Å². The van der Waals surface area contributed by atoms with Crippen molar-refractivity contribution in [3.63, 3.8) is 0 Å². The molecule has 0 radical (unpaired) electrons. The van der Waals surface area contributed by atoms with Crippen LogP contribution in [0, 0.1) is 0 Å². The fourth-order valence-corrected chi connectivity index (χ4v) is 4.22. The van der Waals surface area contributed by atoms with E-state index in [1.807, 2.05) is 78.2 Å². The molecule has 3 aromatic carbocycles. The van der Waals surface area contributed by atoms with Gasteiger partial charge in [0.1, 0.15) is 0 Å². The highest BCUT2D eigenvalue weighted by Gasteiger charge is 2.08. The number of hydrogen-bond acceptors (Lipinski definition) is 4. The van der Waals surface area contributed by atoms with Gasteiger partial charge in [-0.2, -0.15) is 0 Å². The third kappa shape index (κ3) is 4.85.